The first-order valence-electron chi connectivity index (χ1n) is 10.2. The highest BCUT2D eigenvalue weighted by atomic mass is 32.2. The minimum Gasteiger partial charge on any atom is -0.393 e. The van der Waals surface area contributed by atoms with E-state index in [9.17, 15) is 22.3 Å². The molecule has 0 spiro atoms. The highest BCUT2D eigenvalue weighted by molar-refractivity contribution is 7.84. The van der Waals surface area contributed by atoms with Gasteiger partial charge in [-0.1, -0.05) is 25.5 Å². The summed E-state index contributed by atoms with van der Waals surface area (Å²) in [5, 5.41) is 10.7. The van der Waals surface area contributed by atoms with E-state index < -0.39 is 39.6 Å². The molecule has 0 aliphatic heterocycles. The first-order valence-corrected chi connectivity index (χ1v) is 11.6. The van der Waals surface area contributed by atoms with Crippen LogP contribution in [0.4, 0.5) is 8.78 Å². The molecular formula is C22H28F2NO4S. The van der Waals surface area contributed by atoms with E-state index in [4.69, 9.17) is 4.18 Å². The number of hydrogen-bond donors (Lipinski definition) is 1. The van der Waals surface area contributed by atoms with Gasteiger partial charge in [-0.15, -0.1) is 0 Å². The monoisotopic (exact) mass is 440 g/mol. The fourth-order valence-electron chi connectivity index (χ4n) is 5.87. The van der Waals surface area contributed by atoms with E-state index in [0.717, 1.165) is 26.6 Å². The average molecular weight is 441 g/mol. The van der Waals surface area contributed by atoms with Crippen LogP contribution in [0.5, 0.6) is 5.75 Å². The van der Waals surface area contributed by atoms with Gasteiger partial charge in [0.25, 0.3) is 0 Å². The van der Waals surface area contributed by atoms with Crippen molar-refractivity contribution in [1.82, 2.24) is 4.31 Å². The highest BCUT2D eigenvalue weighted by Gasteiger charge is 2.64. The Morgan fingerprint density at radius 2 is 1.90 bits per heavy atom. The van der Waals surface area contributed by atoms with Crippen molar-refractivity contribution in [3.8, 4) is 5.75 Å². The Balaban J connectivity index is 1.75. The maximum atomic E-state index is 14.1. The predicted octanol–water partition coefficient (Wildman–Crippen LogP) is 4.19. The molecule has 5 nitrogen and oxygen atoms in total. The maximum Gasteiger partial charge on any atom is 0.384 e. The molecule has 0 amide bonds. The Labute approximate surface area is 177 Å². The van der Waals surface area contributed by atoms with Crippen LogP contribution >= 0.6 is 0 Å². The van der Waals surface area contributed by atoms with Crippen molar-refractivity contribution < 1.29 is 26.5 Å². The van der Waals surface area contributed by atoms with Gasteiger partial charge in [-0.05, 0) is 66.9 Å². The average Bonchev–Trinajstić information content (AvgIpc) is 2.88. The van der Waals surface area contributed by atoms with E-state index in [1.807, 2.05) is 13.0 Å². The second kappa shape index (κ2) is 7.00. The van der Waals surface area contributed by atoms with Crippen molar-refractivity contribution >= 4 is 15.9 Å². The van der Waals surface area contributed by atoms with Crippen molar-refractivity contribution in [3.05, 3.63) is 41.3 Å². The minimum absolute atomic E-state index is 0.0787. The lowest BCUT2D eigenvalue weighted by Crippen LogP contribution is -2.41. The minimum atomic E-state index is -3.84. The van der Waals surface area contributed by atoms with Gasteiger partial charge in [0.15, 0.2) is 0 Å². The fraction of sp³-hybridized carbons (Fsp3) is 0.591. The highest BCUT2D eigenvalue weighted by Crippen LogP contribution is 2.67. The molecule has 165 valence electrons. The summed E-state index contributed by atoms with van der Waals surface area (Å²) in [5.41, 5.74) is 2.16. The maximum absolute atomic E-state index is 14.1. The van der Waals surface area contributed by atoms with Crippen LogP contribution in [-0.2, 0) is 16.7 Å². The molecule has 1 aromatic rings. The van der Waals surface area contributed by atoms with E-state index in [1.54, 1.807) is 19.1 Å². The molecule has 1 radical (unpaired) electrons. The summed E-state index contributed by atoms with van der Waals surface area (Å²) < 4.78 is 58.4. The summed E-state index contributed by atoms with van der Waals surface area (Å²) in [4.78, 5) is 0. The first kappa shape index (κ1) is 21.7. The summed E-state index contributed by atoms with van der Waals surface area (Å²) in [5.74, 6) is -0.150. The number of hydrogen-bond acceptors (Lipinski definition) is 4. The molecule has 3 aliphatic carbocycles. The van der Waals surface area contributed by atoms with E-state index in [-0.39, 0.29) is 12.2 Å². The number of allylic oxidation sites excluding steroid dienone is 2. The molecule has 1 saturated carbocycles. The van der Waals surface area contributed by atoms with Crippen molar-refractivity contribution in [3.63, 3.8) is 0 Å². The number of rotatable bonds is 4. The topological polar surface area (TPSA) is 66.8 Å². The van der Waals surface area contributed by atoms with Crippen LogP contribution in [0.3, 0.4) is 0 Å². The number of halogens is 2. The van der Waals surface area contributed by atoms with Crippen LogP contribution < -0.4 is 4.18 Å². The summed E-state index contributed by atoms with van der Waals surface area (Å²) in [6, 6.07) is 5.19. The van der Waals surface area contributed by atoms with Crippen molar-refractivity contribution in [2.45, 2.75) is 52.1 Å². The molecule has 4 atom stereocenters. The Hall–Kier alpha value is -1.51. The predicted molar refractivity (Wildman–Crippen MR) is 110 cm³/mol. The first-order chi connectivity index (χ1) is 13.9. The molecule has 0 saturated heterocycles. The van der Waals surface area contributed by atoms with Gasteiger partial charge in [0, 0.05) is 24.9 Å². The normalized spacial score (nSPS) is 33.5. The standard InChI is InChI=1S/C22H28F2NO4S/c1-21-10-9-16-15-8-6-14(29-30(27,28)25(3)4)11-13(15)5-7-17(16)19(21)22(2,20(23)24)12-18(21)26/h6,8,11,18-19,26H,5,7,9-10,12H2,1-4H3/t18-,19+,21-,22+/m1/s1. The molecule has 30 heavy (non-hydrogen) atoms. The summed E-state index contributed by atoms with van der Waals surface area (Å²) >= 11 is 0. The molecule has 0 heterocycles. The molecule has 1 N–H and O–H groups in total. The third-order valence-corrected chi connectivity index (χ3v) is 8.77. The van der Waals surface area contributed by atoms with E-state index in [2.05, 4.69) is 0 Å². The lowest BCUT2D eigenvalue weighted by molar-refractivity contribution is 0.0277. The number of aliphatic hydroxyl groups excluding tert-OH is 1. The molecule has 0 bridgehead atoms. The van der Waals surface area contributed by atoms with Crippen LogP contribution in [0.15, 0.2) is 23.8 Å². The van der Waals surface area contributed by atoms with Crippen molar-refractivity contribution in [2.75, 3.05) is 14.1 Å². The molecule has 4 rings (SSSR count). The van der Waals surface area contributed by atoms with E-state index >= 15 is 0 Å². The van der Waals surface area contributed by atoms with Crippen LogP contribution in [0.2, 0.25) is 0 Å². The van der Waals surface area contributed by atoms with Gasteiger partial charge >= 0.3 is 16.7 Å². The molecule has 8 heteroatoms. The number of benzene rings is 1. The summed E-state index contributed by atoms with van der Waals surface area (Å²) in [6.45, 7) is 3.52. The van der Waals surface area contributed by atoms with Crippen LogP contribution in [0, 0.1) is 23.2 Å². The number of aryl methyl sites for hydroxylation is 1. The number of nitrogens with zero attached hydrogens (tertiary/aromatic N) is 1. The lowest BCUT2D eigenvalue weighted by Gasteiger charge is -2.47. The quantitative estimate of drug-likeness (QED) is 0.763. The molecule has 1 aromatic carbocycles. The Morgan fingerprint density at radius 1 is 1.20 bits per heavy atom. The molecule has 0 aromatic heterocycles. The van der Waals surface area contributed by atoms with Crippen molar-refractivity contribution in [2.24, 2.45) is 16.7 Å². The number of fused-ring (bicyclic) bond motifs is 4. The van der Waals surface area contributed by atoms with Gasteiger partial charge in [0.05, 0.1) is 6.10 Å². The van der Waals surface area contributed by atoms with Gasteiger partial charge in [-0.2, -0.15) is 21.5 Å². The SMILES string of the molecule is CN(C)S(=O)(=O)Oc1ccc2c(c1)CCC1=C2CC[C@]2(C)[C@H](O)C[C@](C)([C](F)F)[C@@H]12. The van der Waals surface area contributed by atoms with E-state index in [0.29, 0.717) is 25.7 Å². The molecule has 0 unspecified atom stereocenters. The second-order valence-corrected chi connectivity index (χ2v) is 11.2. The van der Waals surface area contributed by atoms with Crippen LogP contribution in [0.1, 0.15) is 50.7 Å². The number of aliphatic hydroxyl groups is 1. The third kappa shape index (κ3) is 3.10. The molecule has 3 aliphatic rings. The van der Waals surface area contributed by atoms with E-state index in [1.165, 1.54) is 14.1 Å². The second-order valence-electron chi connectivity index (χ2n) is 9.48. The van der Waals surface area contributed by atoms with Crippen LogP contribution in [0.25, 0.3) is 5.57 Å². The van der Waals surface area contributed by atoms with Gasteiger partial charge in [0.1, 0.15) is 5.75 Å². The van der Waals surface area contributed by atoms with Crippen LogP contribution in [-0.4, -0.2) is 38.0 Å². The van der Waals surface area contributed by atoms with Gasteiger partial charge in [0.2, 0.25) is 0 Å². The van der Waals surface area contributed by atoms with Gasteiger partial charge < -0.3 is 9.29 Å². The Kier molecular flexibility index (Phi) is 5.07. The van der Waals surface area contributed by atoms with Gasteiger partial charge in [-0.25, -0.2) is 0 Å². The molecular weight excluding hydrogens is 412 g/mol. The zero-order valence-electron chi connectivity index (χ0n) is 17.7. The third-order valence-electron chi connectivity index (χ3n) is 7.47. The Bertz CT molecular complexity index is 1010. The smallest absolute Gasteiger partial charge is 0.384 e. The lowest BCUT2D eigenvalue weighted by atomic mass is 9.57. The molecule has 1 fully saturated rings. The summed E-state index contributed by atoms with van der Waals surface area (Å²) in [6.07, 6.45) is 0.334. The zero-order valence-corrected chi connectivity index (χ0v) is 18.5. The fourth-order valence-corrected chi connectivity index (χ4v) is 6.37. The Morgan fingerprint density at radius 3 is 2.53 bits per heavy atom. The van der Waals surface area contributed by atoms with Crippen molar-refractivity contribution in [1.29, 1.82) is 0 Å². The van der Waals surface area contributed by atoms with Gasteiger partial charge in [-0.3, -0.25) is 0 Å². The largest absolute Gasteiger partial charge is 0.393 e. The summed E-state index contributed by atoms with van der Waals surface area (Å²) in [7, 11) is -1.04. The zero-order chi connectivity index (χ0) is 22.1.